The van der Waals surface area contributed by atoms with E-state index >= 15 is 0 Å². The lowest BCUT2D eigenvalue weighted by molar-refractivity contribution is 0.461. The van der Waals surface area contributed by atoms with E-state index in [0.717, 1.165) is 12.1 Å². The standard InChI is InChI=1S/C13H14ClN3O/c1-3-9-7-12(17-8(2)16-9)18-13-10(14)5-4-6-11(13)15/h4-7H,3,15H2,1-2H3. The second kappa shape index (κ2) is 5.23. The first-order valence-corrected chi connectivity index (χ1v) is 6.04. The van der Waals surface area contributed by atoms with Crippen molar-refractivity contribution in [2.24, 2.45) is 0 Å². The quantitative estimate of drug-likeness (QED) is 0.863. The van der Waals surface area contributed by atoms with Crippen LogP contribution in [-0.2, 0) is 6.42 Å². The van der Waals surface area contributed by atoms with Crippen LogP contribution >= 0.6 is 11.6 Å². The van der Waals surface area contributed by atoms with E-state index in [-0.39, 0.29) is 0 Å². The molecule has 5 heteroatoms. The lowest BCUT2D eigenvalue weighted by atomic mass is 10.3. The van der Waals surface area contributed by atoms with Crippen LogP contribution in [0, 0.1) is 6.92 Å². The fraction of sp³-hybridized carbons (Fsp3) is 0.231. The van der Waals surface area contributed by atoms with Crippen molar-refractivity contribution in [3.8, 4) is 11.6 Å². The maximum atomic E-state index is 6.04. The molecule has 0 aliphatic rings. The smallest absolute Gasteiger partial charge is 0.222 e. The summed E-state index contributed by atoms with van der Waals surface area (Å²) < 4.78 is 5.66. The van der Waals surface area contributed by atoms with Gasteiger partial charge in [0.15, 0.2) is 5.75 Å². The van der Waals surface area contributed by atoms with E-state index in [1.54, 1.807) is 24.3 Å². The zero-order chi connectivity index (χ0) is 13.1. The number of ether oxygens (including phenoxy) is 1. The van der Waals surface area contributed by atoms with Crippen molar-refractivity contribution in [1.82, 2.24) is 9.97 Å². The zero-order valence-corrected chi connectivity index (χ0v) is 11.0. The van der Waals surface area contributed by atoms with Crippen LogP contribution in [0.2, 0.25) is 5.02 Å². The predicted molar refractivity (Wildman–Crippen MR) is 72.1 cm³/mol. The summed E-state index contributed by atoms with van der Waals surface area (Å²) in [5, 5.41) is 0.462. The molecular weight excluding hydrogens is 250 g/mol. The Morgan fingerprint density at radius 1 is 1.33 bits per heavy atom. The fourth-order valence-electron chi connectivity index (χ4n) is 1.57. The van der Waals surface area contributed by atoms with E-state index in [1.165, 1.54) is 0 Å². The van der Waals surface area contributed by atoms with E-state index < -0.39 is 0 Å². The number of para-hydroxylation sites is 1. The molecule has 94 valence electrons. The van der Waals surface area contributed by atoms with Crippen molar-refractivity contribution < 1.29 is 4.74 Å². The molecule has 0 spiro atoms. The summed E-state index contributed by atoms with van der Waals surface area (Å²) in [6, 6.07) is 7.01. The highest BCUT2D eigenvalue weighted by molar-refractivity contribution is 6.32. The van der Waals surface area contributed by atoms with Crippen molar-refractivity contribution in [2.75, 3.05) is 5.73 Å². The fourth-order valence-corrected chi connectivity index (χ4v) is 1.79. The molecule has 0 saturated heterocycles. The molecule has 2 N–H and O–H groups in total. The van der Waals surface area contributed by atoms with Gasteiger partial charge in [-0.2, -0.15) is 4.98 Å². The molecule has 1 aromatic carbocycles. The van der Waals surface area contributed by atoms with E-state index in [2.05, 4.69) is 9.97 Å². The normalized spacial score (nSPS) is 10.4. The highest BCUT2D eigenvalue weighted by Crippen LogP contribution is 2.34. The molecule has 0 aliphatic heterocycles. The van der Waals surface area contributed by atoms with Crippen LogP contribution in [0.25, 0.3) is 0 Å². The van der Waals surface area contributed by atoms with Crippen LogP contribution in [0.4, 0.5) is 5.69 Å². The lowest BCUT2D eigenvalue weighted by Crippen LogP contribution is -1.99. The Morgan fingerprint density at radius 3 is 2.78 bits per heavy atom. The number of hydrogen-bond acceptors (Lipinski definition) is 4. The van der Waals surface area contributed by atoms with Crippen molar-refractivity contribution >= 4 is 17.3 Å². The lowest BCUT2D eigenvalue weighted by Gasteiger charge is -2.10. The number of benzene rings is 1. The van der Waals surface area contributed by atoms with Gasteiger partial charge in [-0.15, -0.1) is 0 Å². The average molecular weight is 264 g/mol. The number of rotatable bonds is 3. The maximum absolute atomic E-state index is 6.04. The van der Waals surface area contributed by atoms with Crippen molar-refractivity contribution in [3.05, 3.63) is 40.8 Å². The first-order valence-electron chi connectivity index (χ1n) is 5.66. The second-order valence-electron chi connectivity index (χ2n) is 3.86. The van der Waals surface area contributed by atoms with Crippen LogP contribution in [0.1, 0.15) is 18.4 Å². The largest absolute Gasteiger partial charge is 0.435 e. The molecule has 18 heavy (non-hydrogen) atoms. The number of hydrogen-bond donors (Lipinski definition) is 1. The van der Waals surface area contributed by atoms with Crippen LogP contribution in [0.5, 0.6) is 11.6 Å². The first-order chi connectivity index (χ1) is 8.60. The number of aryl methyl sites for hydroxylation is 2. The molecule has 0 amide bonds. The summed E-state index contributed by atoms with van der Waals surface area (Å²) in [6.07, 6.45) is 0.817. The number of nitrogens with two attached hydrogens (primary N) is 1. The summed E-state index contributed by atoms with van der Waals surface area (Å²) in [4.78, 5) is 8.50. The summed E-state index contributed by atoms with van der Waals surface area (Å²) >= 11 is 6.04. The topological polar surface area (TPSA) is 61.0 Å². The molecule has 1 heterocycles. The molecular formula is C13H14ClN3O. The minimum absolute atomic E-state index is 0.430. The minimum atomic E-state index is 0.430. The third-order valence-corrected chi connectivity index (χ3v) is 2.73. The Labute approximate surface area is 111 Å². The van der Waals surface area contributed by atoms with Crippen LogP contribution in [0.3, 0.4) is 0 Å². The van der Waals surface area contributed by atoms with Gasteiger partial charge in [0, 0.05) is 11.8 Å². The zero-order valence-electron chi connectivity index (χ0n) is 10.3. The Hall–Kier alpha value is -1.81. The van der Waals surface area contributed by atoms with Crippen molar-refractivity contribution in [2.45, 2.75) is 20.3 Å². The SMILES string of the molecule is CCc1cc(Oc2c(N)cccc2Cl)nc(C)n1. The van der Waals surface area contributed by atoms with Gasteiger partial charge in [0.1, 0.15) is 5.82 Å². The van der Waals surface area contributed by atoms with E-state index in [1.807, 2.05) is 13.8 Å². The second-order valence-corrected chi connectivity index (χ2v) is 4.27. The van der Waals surface area contributed by atoms with Gasteiger partial charge >= 0.3 is 0 Å². The Kier molecular flexibility index (Phi) is 3.67. The Morgan fingerprint density at radius 2 is 2.11 bits per heavy atom. The van der Waals surface area contributed by atoms with Gasteiger partial charge in [0.2, 0.25) is 5.88 Å². The number of nitrogens with zero attached hydrogens (tertiary/aromatic N) is 2. The molecule has 0 bridgehead atoms. The van der Waals surface area contributed by atoms with Gasteiger partial charge in [-0.05, 0) is 25.5 Å². The van der Waals surface area contributed by atoms with Gasteiger partial charge in [-0.25, -0.2) is 4.98 Å². The summed E-state index contributed by atoms with van der Waals surface area (Å²) in [5.74, 6) is 1.55. The average Bonchev–Trinajstić information content (AvgIpc) is 2.33. The molecule has 2 rings (SSSR count). The molecule has 0 saturated carbocycles. The number of nitrogen functional groups attached to an aromatic ring is 1. The molecule has 0 aliphatic carbocycles. The Balaban J connectivity index is 2.37. The molecule has 0 unspecified atom stereocenters. The Bertz CT molecular complexity index is 552. The predicted octanol–water partition coefficient (Wildman–Crippen LogP) is 3.38. The summed E-state index contributed by atoms with van der Waals surface area (Å²) in [5.41, 5.74) is 7.23. The van der Waals surface area contributed by atoms with Crippen LogP contribution < -0.4 is 10.5 Å². The summed E-state index contributed by atoms with van der Waals surface area (Å²) in [7, 11) is 0. The van der Waals surface area contributed by atoms with Gasteiger partial charge in [0.05, 0.1) is 10.7 Å². The molecule has 0 fully saturated rings. The number of halogens is 1. The molecule has 0 radical (unpaired) electrons. The van der Waals surface area contributed by atoms with Gasteiger partial charge in [-0.1, -0.05) is 24.6 Å². The highest BCUT2D eigenvalue weighted by Gasteiger charge is 2.09. The monoisotopic (exact) mass is 263 g/mol. The molecule has 4 nitrogen and oxygen atoms in total. The maximum Gasteiger partial charge on any atom is 0.222 e. The highest BCUT2D eigenvalue weighted by atomic mass is 35.5. The summed E-state index contributed by atoms with van der Waals surface area (Å²) in [6.45, 7) is 3.84. The van der Waals surface area contributed by atoms with Crippen molar-refractivity contribution in [3.63, 3.8) is 0 Å². The molecule has 2 aromatic rings. The first kappa shape index (κ1) is 12.6. The van der Waals surface area contributed by atoms with Gasteiger partial charge in [0.25, 0.3) is 0 Å². The molecule has 0 atom stereocenters. The van der Waals surface area contributed by atoms with E-state index in [4.69, 9.17) is 22.1 Å². The number of aromatic nitrogens is 2. The molecule has 1 aromatic heterocycles. The van der Waals surface area contributed by atoms with E-state index in [9.17, 15) is 0 Å². The number of anilines is 1. The van der Waals surface area contributed by atoms with Crippen LogP contribution in [-0.4, -0.2) is 9.97 Å². The minimum Gasteiger partial charge on any atom is -0.435 e. The van der Waals surface area contributed by atoms with E-state index in [0.29, 0.717) is 28.2 Å². The third kappa shape index (κ3) is 2.71. The van der Waals surface area contributed by atoms with Gasteiger partial charge in [-0.3, -0.25) is 0 Å². The third-order valence-electron chi connectivity index (χ3n) is 2.43. The van der Waals surface area contributed by atoms with Crippen LogP contribution in [0.15, 0.2) is 24.3 Å². The van der Waals surface area contributed by atoms with Gasteiger partial charge < -0.3 is 10.5 Å². The van der Waals surface area contributed by atoms with Crippen molar-refractivity contribution in [1.29, 1.82) is 0 Å².